The van der Waals surface area contributed by atoms with Crippen LogP contribution >= 0.6 is 0 Å². The molecule has 0 N–H and O–H groups in total. The van der Waals surface area contributed by atoms with Crippen LogP contribution in [0.25, 0.3) is 11.0 Å². The van der Waals surface area contributed by atoms with Crippen molar-refractivity contribution < 1.29 is 23.4 Å². The summed E-state index contributed by atoms with van der Waals surface area (Å²) in [6.07, 6.45) is 15.5. The maximum Gasteiger partial charge on any atom is 0.383 e. The molecule has 0 unspecified atom stereocenters. The monoisotopic (exact) mass is 574 g/mol. The first-order valence-electron chi connectivity index (χ1n) is 15.3. The van der Waals surface area contributed by atoms with Crippen LogP contribution in [-0.2, 0) is 0 Å². The molecule has 3 aromatic rings. The Morgan fingerprint density at radius 3 is 2.24 bits per heavy atom. The molecule has 6 heteroatoms. The van der Waals surface area contributed by atoms with Crippen LogP contribution in [0.2, 0.25) is 0 Å². The molecule has 0 saturated carbocycles. The van der Waals surface area contributed by atoms with Gasteiger partial charge in [-0.1, -0.05) is 93.4 Å². The number of hydrogen-bond acceptors (Lipinski definition) is 6. The Kier molecular flexibility index (Phi) is 13.9. The molecule has 0 aliphatic heterocycles. The molecule has 0 atom stereocenters. The molecule has 0 aliphatic carbocycles. The van der Waals surface area contributed by atoms with Crippen LogP contribution in [0.5, 0.6) is 17.2 Å². The van der Waals surface area contributed by atoms with Crippen molar-refractivity contribution in [1.82, 2.24) is 0 Å². The van der Waals surface area contributed by atoms with Crippen molar-refractivity contribution in [3.8, 4) is 17.2 Å². The summed E-state index contributed by atoms with van der Waals surface area (Å²) in [5, 5.41) is 0.520. The zero-order valence-corrected chi connectivity index (χ0v) is 25.7. The third kappa shape index (κ3) is 10.6. The molecule has 2 aromatic carbocycles. The van der Waals surface area contributed by atoms with E-state index in [1.165, 1.54) is 43.3 Å². The molecular weight excluding hydrogens is 528 g/mol. The minimum Gasteiger partial charge on any atom is -0.489 e. The van der Waals surface area contributed by atoms with Gasteiger partial charge < -0.3 is 18.6 Å². The van der Waals surface area contributed by atoms with E-state index in [0.717, 1.165) is 32.1 Å². The fraction of sp³-hybridized carbons (Fsp3) is 0.444. The summed E-state index contributed by atoms with van der Waals surface area (Å²) >= 11 is 0. The highest BCUT2D eigenvalue weighted by atomic mass is 16.6. The van der Waals surface area contributed by atoms with E-state index >= 15 is 0 Å². The molecular formula is C36H46O6. The molecule has 0 fully saturated rings. The highest BCUT2D eigenvalue weighted by molar-refractivity contribution is 5.94. The van der Waals surface area contributed by atoms with E-state index < -0.39 is 11.6 Å². The van der Waals surface area contributed by atoms with Crippen molar-refractivity contribution in [1.29, 1.82) is 0 Å². The lowest BCUT2D eigenvalue weighted by Crippen LogP contribution is -2.16. The number of allylic oxidation sites excluding steroid dienone is 3. The second kappa shape index (κ2) is 17.9. The molecule has 3 rings (SSSR count). The highest BCUT2D eigenvalue weighted by Crippen LogP contribution is 2.37. The second-order valence-electron chi connectivity index (χ2n) is 10.9. The Hall–Kier alpha value is -3.80. The predicted octanol–water partition coefficient (Wildman–Crippen LogP) is 9.60. The number of para-hydroxylation sites is 1. The Morgan fingerprint density at radius 2 is 1.52 bits per heavy atom. The standard InChI is InChI=1S/C36H46O6/c1-5-6-7-8-9-10-11-15-25-40-33-30-22-17-23-31(39-26-24-28(4)19-16-18-27(2)3)32(30)41-36(38)34(33)42-35(37)29-20-13-12-14-21-29/h12-14,17-18,20-24H,5-11,15-16,19,25-26H2,1-4H3. The van der Waals surface area contributed by atoms with Gasteiger partial charge in [-0.25, -0.2) is 9.59 Å². The molecule has 0 amide bonds. The summed E-state index contributed by atoms with van der Waals surface area (Å²) in [6, 6.07) is 13.9. The lowest BCUT2D eigenvalue weighted by molar-refractivity contribution is 0.0721. The van der Waals surface area contributed by atoms with Crippen LogP contribution in [-0.4, -0.2) is 19.2 Å². The van der Waals surface area contributed by atoms with Gasteiger partial charge in [0.1, 0.15) is 6.61 Å². The molecule has 0 aliphatic rings. The third-order valence-corrected chi connectivity index (χ3v) is 7.02. The lowest BCUT2D eigenvalue weighted by atomic mass is 10.1. The van der Waals surface area contributed by atoms with Crippen LogP contribution < -0.4 is 19.8 Å². The van der Waals surface area contributed by atoms with Crippen molar-refractivity contribution in [3.05, 3.63) is 87.8 Å². The molecule has 42 heavy (non-hydrogen) atoms. The van der Waals surface area contributed by atoms with Crippen molar-refractivity contribution >= 4 is 16.9 Å². The Labute approximate surface area is 250 Å². The average Bonchev–Trinajstić information content (AvgIpc) is 2.98. The third-order valence-electron chi connectivity index (χ3n) is 7.02. The number of unbranched alkanes of at least 4 members (excludes halogenated alkanes) is 7. The first-order chi connectivity index (χ1) is 20.4. The van der Waals surface area contributed by atoms with E-state index in [-0.39, 0.29) is 17.1 Å². The molecule has 226 valence electrons. The van der Waals surface area contributed by atoms with Crippen molar-refractivity contribution in [3.63, 3.8) is 0 Å². The summed E-state index contributed by atoms with van der Waals surface area (Å²) < 4.78 is 23.5. The Balaban J connectivity index is 1.79. The van der Waals surface area contributed by atoms with Crippen LogP contribution in [0, 0.1) is 0 Å². The minimum atomic E-state index is -0.790. The van der Waals surface area contributed by atoms with Gasteiger partial charge in [-0.2, -0.15) is 0 Å². The number of hydrogen-bond donors (Lipinski definition) is 0. The highest BCUT2D eigenvalue weighted by Gasteiger charge is 2.23. The maximum absolute atomic E-state index is 13.2. The number of ether oxygens (including phenoxy) is 3. The zero-order chi connectivity index (χ0) is 30.2. The van der Waals surface area contributed by atoms with Gasteiger partial charge >= 0.3 is 11.6 Å². The SMILES string of the molecule is CCCCCCCCCCOc1c(OC(=O)c2ccccc2)c(=O)oc2c(OCC=C(C)CCC=C(C)C)cccc12. The fourth-order valence-electron chi connectivity index (χ4n) is 4.60. The van der Waals surface area contributed by atoms with E-state index in [0.29, 0.717) is 29.9 Å². The molecule has 1 aromatic heterocycles. The number of carbonyl (C=O) groups is 1. The summed E-state index contributed by atoms with van der Waals surface area (Å²) in [6.45, 7) is 9.22. The average molecular weight is 575 g/mol. The molecule has 0 radical (unpaired) electrons. The van der Waals surface area contributed by atoms with Crippen LogP contribution in [0.4, 0.5) is 0 Å². The van der Waals surface area contributed by atoms with Gasteiger partial charge in [0, 0.05) is 0 Å². The smallest absolute Gasteiger partial charge is 0.383 e. The zero-order valence-electron chi connectivity index (χ0n) is 25.7. The number of rotatable bonds is 18. The summed E-state index contributed by atoms with van der Waals surface area (Å²) in [5.74, 6) is -0.272. The van der Waals surface area contributed by atoms with Gasteiger partial charge in [0.05, 0.1) is 17.6 Å². The van der Waals surface area contributed by atoms with Gasteiger partial charge in [0.2, 0.25) is 0 Å². The van der Waals surface area contributed by atoms with Crippen molar-refractivity contribution in [2.45, 2.75) is 91.9 Å². The van der Waals surface area contributed by atoms with Gasteiger partial charge in [-0.05, 0) is 70.4 Å². The first kappa shape index (κ1) is 32.7. The van der Waals surface area contributed by atoms with Crippen LogP contribution in [0.3, 0.4) is 0 Å². The van der Waals surface area contributed by atoms with Crippen LogP contribution in [0.15, 0.2) is 81.0 Å². The van der Waals surface area contributed by atoms with E-state index in [1.54, 1.807) is 42.5 Å². The molecule has 0 saturated heterocycles. The van der Waals surface area contributed by atoms with Gasteiger partial charge in [0.25, 0.3) is 5.75 Å². The lowest BCUT2D eigenvalue weighted by Gasteiger charge is -2.14. The van der Waals surface area contributed by atoms with Gasteiger partial charge in [-0.15, -0.1) is 0 Å². The summed E-state index contributed by atoms with van der Waals surface area (Å²) in [7, 11) is 0. The minimum absolute atomic E-state index is 0.201. The number of carbonyl (C=O) groups excluding carboxylic acids is 1. The van der Waals surface area contributed by atoms with E-state index in [1.807, 2.05) is 12.1 Å². The van der Waals surface area contributed by atoms with Crippen molar-refractivity contribution in [2.75, 3.05) is 13.2 Å². The van der Waals surface area contributed by atoms with Gasteiger partial charge in [0.15, 0.2) is 17.1 Å². The Morgan fingerprint density at radius 1 is 0.810 bits per heavy atom. The number of esters is 1. The normalized spacial score (nSPS) is 11.4. The molecule has 0 spiro atoms. The van der Waals surface area contributed by atoms with Crippen molar-refractivity contribution in [2.24, 2.45) is 0 Å². The predicted molar refractivity (Wildman–Crippen MR) is 170 cm³/mol. The summed E-state index contributed by atoms with van der Waals surface area (Å²) in [5.41, 5.74) is 2.33. The van der Waals surface area contributed by atoms with Gasteiger partial charge in [-0.3, -0.25) is 0 Å². The molecule has 6 nitrogen and oxygen atoms in total. The number of benzene rings is 2. The van der Waals surface area contributed by atoms with Crippen LogP contribution in [0.1, 0.15) is 102 Å². The summed E-state index contributed by atoms with van der Waals surface area (Å²) in [4.78, 5) is 26.1. The quantitative estimate of drug-likeness (QED) is 0.0652. The fourth-order valence-corrected chi connectivity index (χ4v) is 4.60. The molecule has 0 bridgehead atoms. The van der Waals surface area contributed by atoms with E-state index in [4.69, 9.17) is 18.6 Å². The maximum atomic E-state index is 13.2. The number of fused-ring (bicyclic) bond motifs is 1. The Bertz CT molecular complexity index is 1380. The molecule has 1 heterocycles. The van der Waals surface area contributed by atoms with E-state index in [9.17, 15) is 9.59 Å². The first-order valence-corrected chi connectivity index (χ1v) is 15.3. The second-order valence-corrected chi connectivity index (χ2v) is 10.9. The topological polar surface area (TPSA) is 75.0 Å². The van der Waals surface area contributed by atoms with E-state index in [2.05, 4.69) is 33.8 Å². The largest absolute Gasteiger partial charge is 0.489 e.